The molecule has 178 valence electrons. The van der Waals surface area contributed by atoms with E-state index in [1.54, 1.807) is 24.3 Å². The molecule has 0 spiro atoms. The maximum Gasteiger partial charge on any atom is 0.257 e. The molecule has 1 saturated heterocycles. The Hall–Kier alpha value is -2.91. The number of amides is 2. The van der Waals surface area contributed by atoms with Crippen LogP contribution in [-0.4, -0.2) is 44.2 Å². The molecule has 3 rings (SSSR count). The summed E-state index contributed by atoms with van der Waals surface area (Å²) in [4.78, 5) is 24.3. The molecule has 0 bridgehead atoms. The number of nitrogens with zero attached hydrogens (tertiary/aromatic N) is 1. The van der Waals surface area contributed by atoms with Gasteiger partial charge >= 0.3 is 0 Å². The van der Waals surface area contributed by atoms with Crippen molar-refractivity contribution in [3.63, 3.8) is 0 Å². The molecule has 0 aliphatic carbocycles. The van der Waals surface area contributed by atoms with Crippen molar-refractivity contribution in [2.45, 2.75) is 50.8 Å². The molecule has 2 aromatic rings. The Labute approximate surface area is 195 Å². The SMILES string of the molecule is Cc1ccc(NCC(=O)NNC(=O)CCc2ccc(S(=O)(=O)N3CCCCC3)cc2)c(C)c1. The number of hydrogen-bond donors (Lipinski definition) is 3. The zero-order valence-corrected chi connectivity index (χ0v) is 20.0. The average molecular weight is 473 g/mol. The van der Waals surface area contributed by atoms with Gasteiger partial charge in [0.15, 0.2) is 0 Å². The van der Waals surface area contributed by atoms with Gasteiger partial charge in [0.05, 0.1) is 11.4 Å². The van der Waals surface area contributed by atoms with Crippen LogP contribution in [0.15, 0.2) is 47.4 Å². The van der Waals surface area contributed by atoms with Gasteiger partial charge < -0.3 is 5.32 Å². The van der Waals surface area contributed by atoms with Crippen LogP contribution in [0.3, 0.4) is 0 Å². The number of carbonyl (C=O) groups excluding carboxylic acids is 2. The van der Waals surface area contributed by atoms with Gasteiger partial charge in [-0.15, -0.1) is 0 Å². The van der Waals surface area contributed by atoms with Crippen LogP contribution in [0.25, 0.3) is 0 Å². The van der Waals surface area contributed by atoms with Crippen LogP contribution in [0.4, 0.5) is 5.69 Å². The second-order valence-electron chi connectivity index (χ2n) is 8.38. The van der Waals surface area contributed by atoms with E-state index in [4.69, 9.17) is 0 Å². The first-order valence-corrected chi connectivity index (χ1v) is 12.7. The molecule has 2 amide bonds. The van der Waals surface area contributed by atoms with Crippen LogP contribution in [0, 0.1) is 13.8 Å². The highest BCUT2D eigenvalue weighted by atomic mass is 32.2. The van der Waals surface area contributed by atoms with Gasteiger partial charge in [0.1, 0.15) is 0 Å². The summed E-state index contributed by atoms with van der Waals surface area (Å²) < 4.78 is 27.0. The average Bonchev–Trinajstić information content (AvgIpc) is 2.81. The van der Waals surface area contributed by atoms with Crippen molar-refractivity contribution in [2.75, 3.05) is 25.0 Å². The molecule has 33 heavy (non-hydrogen) atoms. The number of sulfonamides is 1. The minimum Gasteiger partial charge on any atom is -0.376 e. The molecule has 3 N–H and O–H groups in total. The zero-order valence-electron chi connectivity index (χ0n) is 19.2. The zero-order chi connectivity index (χ0) is 23.8. The molecule has 2 aromatic carbocycles. The topological polar surface area (TPSA) is 108 Å². The quantitative estimate of drug-likeness (QED) is 0.512. The molecule has 0 saturated carbocycles. The lowest BCUT2D eigenvalue weighted by Crippen LogP contribution is -2.44. The van der Waals surface area contributed by atoms with Gasteiger partial charge in [-0.1, -0.05) is 36.2 Å². The summed E-state index contributed by atoms with van der Waals surface area (Å²) in [6, 6.07) is 12.6. The van der Waals surface area contributed by atoms with Crippen molar-refractivity contribution >= 4 is 27.5 Å². The summed E-state index contributed by atoms with van der Waals surface area (Å²) >= 11 is 0. The first-order valence-electron chi connectivity index (χ1n) is 11.2. The predicted molar refractivity (Wildman–Crippen MR) is 128 cm³/mol. The Morgan fingerprint density at radius 2 is 1.58 bits per heavy atom. The standard InChI is InChI=1S/C24H32N4O4S/c1-18-6-12-22(19(2)16-18)25-17-24(30)27-26-23(29)13-9-20-7-10-21(11-8-20)33(31,32)28-14-4-3-5-15-28/h6-8,10-12,16,25H,3-5,9,13-15,17H2,1-2H3,(H,26,29)(H,27,30). The molecule has 0 unspecified atom stereocenters. The van der Waals surface area contributed by atoms with Crippen molar-refractivity contribution in [1.29, 1.82) is 0 Å². The molecule has 0 atom stereocenters. The minimum atomic E-state index is -3.46. The smallest absolute Gasteiger partial charge is 0.257 e. The van der Waals surface area contributed by atoms with Crippen LogP contribution in [0.1, 0.15) is 42.4 Å². The van der Waals surface area contributed by atoms with E-state index in [2.05, 4.69) is 16.2 Å². The maximum atomic E-state index is 12.7. The molecular weight excluding hydrogens is 440 g/mol. The van der Waals surface area contributed by atoms with Gasteiger partial charge in [-0.3, -0.25) is 20.4 Å². The number of nitrogens with one attached hydrogen (secondary N) is 3. The molecule has 1 aliphatic rings. The third-order valence-electron chi connectivity index (χ3n) is 5.68. The van der Waals surface area contributed by atoms with Crippen molar-refractivity contribution in [1.82, 2.24) is 15.2 Å². The van der Waals surface area contributed by atoms with Crippen molar-refractivity contribution in [3.8, 4) is 0 Å². The summed E-state index contributed by atoms with van der Waals surface area (Å²) in [6.45, 7) is 5.14. The molecule has 1 fully saturated rings. The Balaban J connectivity index is 1.40. The van der Waals surface area contributed by atoms with E-state index < -0.39 is 10.0 Å². The highest BCUT2D eigenvalue weighted by Crippen LogP contribution is 2.21. The van der Waals surface area contributed by atoms with E-state index in [1.165, 1.54) is 4.31 Å². The van der Waals surface area contributed by atoms with Gasteiger partial charge in [-0.05, 0) is 62.4 Å². The van der Waals surface area contributed by atoms with Crippen LogP contribution in [0.2, 0.25) is 0 Å². The Morgan fingerprint density at radius 1 is 0.909 bits per heavy atom. The van der Waals surface area contributed by atoms with E-state index in [-0.39, 0.29) is 29.7 Å². The number of piperidine rings is 1. The van der Waals surface area contributed by atoms with Crippen molar-refractivity contribution in [3.05, 3.63) is 59.2 Å². The minimum absolute atomic E-state index is 0.0388. The first kappa shape index (κ1) is 24.7. The third kappa shape index (κ3) is 7.03. The molecule has 0 aromatic heterocycles. The molecule has 1 aliphatic heterocycles. The lowest BCUT2D eigenvalue weighted by Gasteiger charge is -2.25. The largest absolute Gasteiger partial charge is 0.376 e. The molecule has 8 nitrogen and oxygen atoms in total. The number of aryl methyl sites for hydroxylation is 3. The van der Waals surface area contributed by atoms with Gasteiger partial charge in [0.25, 0.3) is 5.91 Å². The Bertz CT molecular complexity index is 1080. The summed E-state index contributed by atoms with van der Waals surface area (Å²) in [5.74, 6) is -0.671. The second kappa shape index (κ2) is 11.3. The summed E-state index contributed by atoms with van der Waals surface area (Å²) in [7, 11) is -3.46. The predicted octanol–water partition coefficient (Wildman–Crippen LogP) is 2.67. The van der Waals surface area contributed by atoms with Gasteiger partial charge in [-0.2, -0.15) is 4.31 Å². The molecule has 0 radical (unpaired) electrons. The summed E-state index contributed by atoms with van der Waals surface area (Å²) in [5.41, 5.74) is 8.72. The highest BCUT2D eigenvalue weighted by molar-refractivity contribution is 7.89. The number of carbonyl (C=O) groups is 2. The van der Waals surface area contributed by atoms with Gasteiger partial charge in [0.2, 0.25) is 15.9 Å². The van der Waals surface area contributed by atoms with Crippen molar-refractivity contribution in [2.24, 2.45) is 0 Å². The maximum absolute atomic E-state index is 12.7. The first-order chi connectivity index (χ1) is 15.8. The van der Waals surface area contributed by atoms with Crippen LogP contribution in [0.5, 0.6) is 0 Å². The lowest BCUT2D eigenvalue weighted by atomic mass is 10.1. The monoisotopic (exact) mass is 472 g/mol. The Morgan fingerprint density at radius 3 is 2.24 bits per heavy atom. The number of benzene rings is 2. The highest BCUT2D eigenvalue weighted by Gasteiger charge is 2.25. The molecule has 1 heterocycles. The molecule has 9 heteroatoms. The van der Waals surface area contributed by atoms with E-state index in [9.17, 15) is 18.0 Å². The summed E-state index contributed by atoms with van der Waals surface area (Å²) in [5, 5.41) is 3.05. The number of hydrogen-bond acceptors (Lipinski definition) is 5. The fourth-order valence-corrected chi connectivity index (χ4v) is 5.29. The summed E-state index contributed by atoms with van der Waals surface area (Å²) in [6.07, 6.45) is 3.46. The van der Waals surface area contributed by atoms with Crippen LogP contribution < -0.4 is 16.2 Å². The fourth-order valence-electron chi connectivity index (χ4n) is 3.77. The third-order valence-corrected chi connectivity index (χ3v) is 7.59. The van der Waals surface area contributed by atoms with E-state index in [0.717, 1.165) is 41.6 Å². The number of rotatable bonds is 8. The number of anilines is 1. The lowest BCUT2D eigenvalue weighted by molar-refractivity contribution is -0.128. The van der Waals surface area contributed by atoms with E-state index >= 15 is 0 Å². The van der Waals surface area contributed by atoms with Crippen molar-refractivity contribution < 1.29 is 18.0 Å². The fraction of sp³-hybridized carbons (Fsp3) is 0.417. The molecular formula is C24H32N4O4S. The number of hydrazine groups is 1. The van der Waals surface area contributed by atoms with Gasteiger partial charge in [0, 0.05) is 25.2 Å². The van der Waals surface area contributed by atoms with Gasteiger partial charge in [-0.25, -0.2) is 8.42 Å². The van der Waals surface area contributed by atoms with Crippen LogP contribution in [-0.2, 0) is 26.0 Å². The van der Waals surface area contributed by atoms with Crippen LogP contribution >= 0.6 is 0 Å². The normalized spacial score (nSPS) is 14.5. The second-order valence-corrected chi connectivity index (χ2v) is 10.3. The van der Waals surface area contributed by atoms with E-state index in [0.29, 0.717) is 19.5 Å². The van der Waals surface area contributed by atoms with E-state index in [1.807, 2.05) is 32.0 Å². The Kier molecular flexibility index (Phi) is 8.46.